The second-order valence-electron chi connectivity index (χ2n) is 5.92. The molecule has 140 valence electrons. The molecule has 0 aliphatic heterocycles. The first kappa shape index (κ1) is 19.3. The van der Waals surface area contributed by atoms with Crippen LogP contribution in [-0.2, 0) is 19.8 Å². The van der Waals surface area contributed by atoms with Crippen molar-refractivity contribution in [2.75, 3.05) is 7.11 Å². The van der Waals surface area contributed by atoms with Gasteiger partial charge in [0.2, 0.25) is 5.75 Å². The number of aliphatic hydroxyl groups excluding tert-OH is 1. The molecule has 0 atom stereocenters. The zero-order valence-corrected chi connectivity index (χ0v) is 16.6. The van der Waals surface area contributed by atoms with E-state index in [1.807, 2.05) is 60.7 Å². The first-order chi connectivity index (χ1) is 13.2. The summed E-state index contributed by atoms with van der Waals surface area (Å²) < 4.78 is 18.3. The normalized spacial score (nSPS) is 10.5. The molecule has 4 nitrogen and oxygen atoms in total. The van der Waals surface area contributed by atoms with Crippen LogP contribution >= 0.6 is 15.9 Å². The van der Waals surface area contributed by atoms with Gasteiger partial charge in [-0.25, -0.2) is 0 Å². The molecule has 0 saturated carbocycles. The molecule has 0 aliphatic carbocycles. The summed E-state index contributed by atoms with van der Waals surface area (Å²) >= 11 is 3.53. The summed E-state index contributed by atoms with van der Waals surface area (Å²) in [6, 6.07) is 21.5. The van der Waals surface area contributed by atoms with Gasteiger partial charge in [0, 0.05) is 0 Å². The third-order valence-corrected chi connectivity index (χ3v) is 4.93. The van der Waals surface area contributed by atoms with Gasteiger partial charge in [0.25, 0.3) is 0 Å². The van der Waals surface area contributed by atoms with E-state index in [4.69, 9.17) is 14.2 Å². The van der Waals surface area contributed by atoms with E-state index in [-0.39, 0.29) is 6.61 Å². The van der Waals surface area contributed by atoms with Gasteiger partial charge < -0.3 is 19.3 Å². The molecule has 0 spiro atoms. The lowest BCUT2D eigenvalue weighted by Crippen LogP contribution is -2.04. The maximum absolute atomic E-state index is 9.66. The van der Waals surface area contributed by atoms with Gasteiger partial charge in [-0.3, -0.25) is 0 Å². The van der Waals surface area contributed by atoms with Crippen LogP contribution in [0, 0.1) is 0 Å². The summed E-state index contributed by atoms with van der Waals surface area (Å²) in [6.45, 7) is 0.612. The Morgan fingerprint density at radius 2 is 1.33 bits per heavy atom. The minimum absolute atomic E-state index is 0.141. The average molecular weight is 429 g/mol. The lowest BCUT2D eigenvalue weighted by Gasteiger charge is -2.19. The zero-order chi connectivity index (χ0) is 19.1. The molecule has 0 amide bonds. The van der Waals surface area contributed by atoms with Crippen molar-refractivity contribution < 1.29 is 19.3 Å². The average Bonchev–Trinajstić information content (AvgIpc) is 2.73. The molecule has 0 unspecified atom stereocenters. The highest BCUT2D eigenvalue weighted by molar-refractivity contribution is 9.10. The third kappa shape index (κ3) is 4.81. The molecule has 27 heavy (non-hydrogen) atoms. The molecule has 0 saturated heterocycles. The first-order valence-corrected chi connectivity index (χ1v) is 9.36. The highest BCUT2D eigenvalue weighted by Gasteiger charge is 2.20. The molecule has 5 heteroatoms. The number of ether oxygens (including phenoxy) is 3. The van der Waals surface area contributed by atoms with Crippen LogP contribution in [-0.4, -0.2) is 12.2 Å². The van der Waals surface area contributed by atoms with Gasteiger partial charge in [0.1, 0.15) is 13.2 Å². The van der Waals surface area contributed by atoms with Crippen molar-refractivity contribution in [3.05, 3.63) is 87.9 Å². The molecule has 0 radical (unpaired) electrons. The molecular formula is C22H21BrO4. The van der Waals surface area contributed by atoms with Crippen LogP contribution < -0.4 is 14.2 Å². The minimum atomic E-state index is -0.141. The van der Waals surface area contributed by atoms with Crippen LogP contribution in [0.1, 0.15) is 16.7 Å². The summed E-state index contributed by atoms with van der Waals surface area (Å²) in [5, 5.41) is 9.66. The predicted octanol–water partition coefficient (Wildman–Crippen LogP) is 5.11. The SMILES string of the molecule is COc1cc(CO)c(Br)c(OCc2ccccc2)c1OCc1ccccc1. The lowest BCUT2D eigenvalue weighted by molar-refractivity contribution is 0.238. The van der Waals surface area contributed by atoms with Crippen LogP contribution in [0.15, 0.2) is 71.2 Å². The quantitative estimate of drug-likeness (QED) is 0.541. The maximum Gasteiger partial charge on any atom is 0.205 e. The van der Waals surface area contributed by atoms with E-state index < -0.39 is 0 Å². The van der Waals surface area contributed by atoms with Crippen molar-refractivity contribution in [2.24, 2.45) is 0 Å². The van der Waals surface area contributed by atoms with Crippen molar-refractivity contribution in [2.45, 2.75) is 19.8 Å². The third-order valence-electron chi connectivity index (χ3n) is 4.06. The van der Waals surface area contributed by atoms with E-state index in [0.717, 1.165) is 11.1 Å². The summed E-state index contributed by atoms with van der Waals surface area (Å²) in [7, 11) is 1.57. The highest BCUT2D eigenvalue weighted by atomic mass is 79.9. The number of rotatable bonds is 8. The van der Waals surface area contributed by atoms with Crippen molar-refractivity contribution in [1.29, 1.82) is 0 Å². The number of halogens is 1. The molecule has 0 heterocycles. The highest BCUT2D eigenvalue weighted by Crippen LogP contribution is 2.45. The number of benzene rings is 3. The monoisotopic (exact) mass is 428 g/mol. The van der Waals surface area contributed by atoms with Gasteiger partial charge in [-0.05, 0) is 38.7 Å². The molecule has 0 aliphatic rings. The van der Waals surface area contributed by atoms with Crippen molar-refractivity contribution in [3.63, 3.8) is 0 Å². The Morgan fingerprint density at radius 3 is 1.81 bits per heavy atom. The molecular weight excluding hydrogens is 408 g/mol. The molecule has 0 aromatic heterocycles. The molecule has 1 N–H and O–H groups in total. The van der Waals surface area contributed by atoms with E-state index in [2.05, 4.69) is 15.9 Å². The second-order valence-corrected chi connectivity index (χ2v) is 6.71. The molecule has 0 fully saturated rings. The largest absolute Gasteiger partial charge is 0.493 e. The Bertz CT molecular complexity index is 866. The van der Waals surface area contributed by atoms with Gasteiger partial charge in [-0.2, -0.15) is 0 Å². The van der Waals surface area contributed by atoms with Crippen LogP contribution in [0.4, 0.5) is 0 Å². The fourth-order valence-electron chi connectivity index (χ4n) is 2.64. The Hall–Kier alpha value is -2.50. The van der Waals surface area contributed by atoms with Crippen LogP contribution in [0.25, 0.3) is 0 Å². The number of hydrogen-bond acceptors (Lipinski definition) is 4. The predicted molar refractivity (Wildman–Crippen MR) is 108 cm³/mol. The van der Waals surface area contributed by atoms with E-state index >= 15 is 0 Å². The van der Waals surface area contributed by atoms with Gasteiger partial charge in [-0.1, -0.05) is 60.7 Å². The minimum Gasteiger partial charge on any atom is -0.493 e. The number of methoxy groups -OCH3 is 1. The molecule has 3 rings (SSSR count). The van der Waals surface area contributed by atoms with Crippen molar-refractivity contribution in [1.82, 2.24) is 0 Å². The van der Waals surface area contributed by atoms with Crippen molar-refractivity contribution in [3.8, 4) is 17.2 Å². The van der Waals surface area contributed by atoms with Gasteiger partial charge in [-0.15, -0.1) is 0 Å². The first-order valence-electron chi connectivity index (χ1n) is 8.56. The van der Waals surface area contributed by atoms with Crippen LogP contribution in [0.3, 0.4) is 0 Å². The number of aliphatic hydroxyl groups is 1. The van der Waals surface area contributed by atoms with E-state index in [1.165, 1.54) is 0 Å². The van der Waals surface area contributed by atoms with Gasteiger partial charge in [0.15, 0.2) is 11.5 Å². The van der Waals surface area contributed by atoms with Gasteiger partial charge >= 0.3 is 0 Å². The summed E-state index contributed by atoms with van der Waals surface area (Å²) in [6.07, 6.45) is 0. The standard InChI is InChI=1S/C22H21BrO4/c1-25-19-12-18(13-24)20(23)22(27-15-17-10-6-3-7-11-17)21(19)26-14-16-8-4-2-5-9-16/h2-12,24H,13-15H2,1H3. The summed E-state index contributed by atoms with van der Waals surface area (Å²) in [5.74, 6) is 1.53. The van der Waals surface area contributed by atoms with Crippen molar-refractivity contribution >= 4 is 15.9 Å². The fourth-order valence-corrected chi connectivity index (χ4v) is 3.17. The van der Waals surface area contributed by atoms with Crippen LogP contribution in [0.5, 0.6) is 17.2 Å². The van der Waals surface area contributed by atoms with Gasteiger partial charge in [0.05, 0.1) is 18.2 Å². The van der Waals surface area contributed by atoms with Crippen LogP contribution in [0.2, 0.25) is 0 Å². The molecule has 3 aromatic carbocycles. The maximum atomic E-state index is 9.66. The molecule has 3 aromatic rings. The Balaban J connectivity index is 1.91. The van der Waals surface area contributed by atoms with E-state index in [0.29, 0.717) is 40.5 Å². The fraction of sp³-hybridized carbons (Fsp3) is 0.182. The summed E-state index contributed by atoms with van der Waals surface area (Å²) in [5.41, 5.74) is 2.74. The second kappa shape index (κ2) is 9.44. The zero-order valence-electron chi connectivity index (χ0n) is 15.0. The smallest absolute Gasteiger partial charge is 0.205 e. The van der Waals surface area contributed by atoms with E-state index in [9.17, 15) is 5.11 Å². The lowest BCUT2D eigenvalue weighted by atomic mass is 10.2. The molecule has 0 bridgehead atoms. The number of hydrogen-bond donors (Lipinski definition) is 1. The Morgan fingerprint density at radius 1 is 0.815 bits per heavy atom. The Labute approximate surface area is 167 Å². The van der Waals surface area contributed by atoms with E-state index in [1.54, 1.807) is 13.2 Å². The topological polar surface area (TPSA) is 47.9 Å². The Kier molecular flexibility index (Phi) is 6.74. The summed E-state index contributed by atoms with van der Waals surface area (Å²) in [4.78, 5) is 0.